The van der Waals surface area contributed by atoms with Gasteiger partial charge in [-0.1, -0.05) is 48.5 Å². The SMILES string of the molecule is CCCCCCCC[N+](C)(C)CCCBr.[I-]. The number of alkyl halides is 1. The van der Waals surface area contributed by atoms with Crippen molar-refractivity contribution in [2.75, 3.05) is 32.5 Å². The summed E-state index contributed by atoms with van der Waals surface area (Å²) in [7, 11) is 4.71. The Bertz CT molecular complexity index is 140. The van der Waals surface area contributed by atoms with Gasteiger partial charge in [-0.15, -0.1) is 0 Å². The van der Waals surface area contributed by atoms with E-state index >= 15 is 0 Å². The van der Waals surface area contributed by atoms with Crippen molar-refractivity contribution in [2.45, 2.75) is 51.9 Å². The second kappa shape index (κ2) is 12.6. The highest BCUT2D eigenvalue weighted by molar-refractivity contribution is 9.09. The highest BCUT2D eigenvalue weighted by Crippen LogP contribution is 2.09. The summed E-state index contributed by atoms with van der Waals surface area (Å²) >= 11 is 3.50. The molecule has 0 rings (SSSR count). The maximum Gasteiger partial charge on any atom is 0.0790 e. The third-order valence-corrected chi connectivity index (χ3v) is 3.57. The molecule has 0 unspecified atom stereocenters. The van der Waals surface area contributed by atoms with Crippen molar-refractivity contribution in [2.24, 2.45) is 0 Å². The molecule has 0 aliphatic rings. The summed E-state index contributed by atoms with van der Waals surface area (Å²) in [4.78, 5) is 0. The fourth-order valence-corrected chi connectivity index (χ4v) is 2.17. The van der Waals surface area contributed by atoms with Crippen LogP contribution in [-0.4, -0.2) is 37.0 Å². The van der Waals surface area contributed by atoms with Crippen LogP contribution in [0.4, 0.5) is 0 Å². The molecular weight excluding hydrogens is 377 g/mol. The Morgan fingerprint density at radius 3 is 1.88 bits per heavy atom. The molecule has 0 saturated heterocycles. The average Bonchev–Trinajstić information content (AvgIpc) is 2.20. The summed E-state index contributed by atoms with van der Waals surface area (Å²) in [5.41, 5.74) is 0. The van der Waals surface area contributed by atoms with Gasteiger partial charge < -0.3 is 28.5 Å². The number of halogens is 2. The third-order valence-electron chi connectivity index (χ3n) is 3.01. The second-order valence-corrected chi connectivity index (χ2v) is 5.99. The lowest BCUT2D eigenvalue weighted by Gasteiger charge is -2.29. The van der Waals surface area contributed by atoms with Gasteiger partial charge in [0.1, 0.15) is 0 Å². The lowest BCUT2D eigenvalue weighted by molar-refractivity contribution is -0.890. The molecule has 0 bridgehead atoms. The molecule has 0 fully saturated rings. The molecule has 0 spiro atoms. The van der Waals surface area contributed by atoms with Gasteiger partial charge in [-0.25, -0.2) is 0 Å². The molecule has 0 aliphatic carbocycles. The first-order valence-corrected chi connectivity index (χ1v) is 7.62. The van der Waals surface area contributed by atoms with Gasteiger partial charge in [-0.2, -0.15) is 0 Å². The van der Waals surface area contributed by atoms with E-state index in [9.17, 15) is 0 Å². The smallest absolute Gasteiger partial charge is 0.0790 e. The van der Waals surface area contributed by atoms with Crippen LogP contribution in [0, 0.1) is 0 Å². The van der Waals surface area contributed by atoms with Crippen LogP contribution < -0.4 is 24.0 Å². The molecule has 16 heavy (non-hydrogen) atoms. The van der Waals surface area contributed by atoms with E-state index in [1.807, 2.05) is 0 Å². The summed E-state index contributed by atoms with van der Waals surface area (Å²) in [5.74, 6) is 0. The van der Waals surface area contributed by atoms with E-state index in [2.05, 4.69) is 36.9 Å². The maximum absolute atomic E-state index is 3.50. The Hall–Kier alpha value is 1.17. The largest absolute Gasteiger partial charge is 1.00 e. The molecule has 0 heterocycles. The predicted molar refractivity (Wildman–Crippen MR) is 73.6 cm³/mol. The Morgan fingerprint density at radius 1 is 0.812 bits per heavy atom. The van der Waals surface area contributed by atoms with Gasteiger partial charge in [-0.3, -0.25) is 0 Å². The fraction of sp³-hybridized carbons (Fsp3) is 1.00. The zero-order valence-electron chi connectivity index (χ0n) is 11.3. The van der Waals surface area contributed by atoms with Gasteiger partial charge in [0.15, 0.2) is 0 Å². The summed E-state index contributed by atoms with van der Waals surface area (Å²) in [6, 6.07) is 0. The summed E-state index contributed by atoms with van der Waals surface area (Å²) in [5, 5.41) is 1.14. The van der Waals surface area contributed by atoms with Crippen molar-refractivity contribution in [3.05, 3.63) is 0 Å². The molecule has 0 aromatic carbocycles. The first kappa shape index (κ1) is 19.5. The Morgan fingerprint density at radius 2 is 1.31 bits per heavy atom. The molecule has 0 aliphatic heterocycles. The third kappa shape index (κ3) is 13.2. The molecule has 0 saturated carbocycles. The number of unbranched alkanes of at least 4 members (excludes halogenated alkanes) is 5. The highest BCUT2D eigenvalue weighted by atomic mass is 127. The number of hydrogen-bond donors (Lipinski definition) is 0. The molecule has 100 valence electrons. The minimum Gasteiger partial charge on any atom is -1.00 e. The zero-order valence-corrected chi connectivity index (χ0v) is 15.0. The van der Waals surface area contributed by atoms with E-state index in [0.717, 1.165) is 5.33 Å². The number of hydrogen-bond acceptors (Lipinski definition) is 0. The quantitative estimate of drug-likeness (QED) is 0.222. The molecule has 0 amide bonds. The van der Waals surface area contributed by atoms with Crippen LogP contribution in [0.2, 0.25) is 0 Å². The van der Waals surface area contributed by atoms with Crippen molar-refractivity contribution in [3.8, 4) is 0 Å². The normalized spacial score (nSPS) is 11.2. The Balaban J connectivity index is 0. The average molecular weight is 406 g/mol. The standard InChI is InChI=1S/C13H29BrN.HI/c1-4-5-6-7-8-9-12-15(2,3)13-10-11-14;/h4-13H2,1-3H3;1H/q+1;/p-1. The van der Waals surface area contributed by atoms with Crippen LogP contribution in [0.1, 0.15) is 51.9 Å². The summed E-state index contributed by atoms with van der Waals surface area (Å²) in [6.45, 7) is 4.93. The topological polar surface area (TPSA) is 0 Å². The minimum atomic E-state index is 0. The molecule has 0 aromatic heterocycles. The first-order valence-electron chi connectivity index (χ1n) is 6.50. The van der Waals surface area contributed by atoms with Crippen LogP contribution in [0.15, 0.2) is 0 Å². The van der Waals surface area contributed by atoms with Crippen LogP contribution in [-0.2, 0) is 0 Å². The monoisotopic (exact) mass is 405 g/mol. The van der Waals surface area contributed by atoms with E-state index in [-0.39, 0.29) is 24.0 Å². The highest BCUT2D eigenvalue weighted by Gasteiger charge is 2.12. The molecule has 0 atom stereocenters. The molecule has 1 nitrogen and oxygen atoms in total. The summed E-state index contributed by atoms with van der Waals surface area (Å²) < 4.78 is 1.19. The van der Waals surface area contributed by atoms with E-state index in [4.69, 9.17) is 0 Å². The van der Waals surface area contributed by atoms with Crippen molar-refractivity contribution < 1.29 is 28.5 Å². The van der Waals surface area contributed by atoms with Gasteiger partial charge in [-0.05, 0) is 12.8 Å². The van der Waals surface area contributed by atoms with Gasteiger partial charge >= 0.3 is 0 Å². The van der Waals surface area contributed by atoms with Crippen LogP contribution in [0.3, 0.4) is 0 Å². The van der Waals surface area contributed by atoms with Crippen LogP contribution >= 0.6 is 15.9 Å². The number of nitrogens with zero attached hydrogens (tertiary/aromatic N) is 1. The van der Waals surface area contributed by atoms with Gasteiger partial charge in [0.2, 0.25) is 0 Å². The van der Waals surface area contributed by atoms with Crippen molar-refractivity contribution in [3.63, 3.8) is 0 Å². The maximum atomic E-state index is 3.50. The fourth-order valence-electron chi connectivity index (χ4n) is 1.92. The van der Waals surface area contributed by atoms with Gasteiger partial charge in [0, 0.05) is 11.8 Å². The minimum absolute atomic E-state index is 0. The van der Waals surface area contributed by atoms with E-state index in [1.54, 1.807) is 0 Å². The lowest BCUT2D eigenvalue weighted by atomic mass is 10.1. The van der Waals surface area contributed by atoms with Crippen LogP contribution in [0.5, 0.6) is 0 Å². The second-order valence-electron chi connectivity index (χ2n) is 5.19. The molecular formula is C13H29BrIN. The molecule has 0 radical (unpaired) electrons. The van der Waals surface area contributed by atoms with E-state index in [1.165, 1.54) is 62.5 Å². The van der Waals surface area contributed by atoms with E-state index < -0.39 is 0 Å². The van der Waals surface area contributed by atoms with Gasteiger partial charge in [0.25, 0.3) is 0 Å². The van der Waals surface area contributed by atoms with Crippen molar-refractivity contribution in [1.82, 2.24) is 0 Å². The number of rotatable bonds is 10. The van der Waals surface area contributed by atoms with E-state index in [0.29, 0.717) is 0 Å². The Labute approximate surface area is 128 Å². The van der Waals surface area contributed by atoms with Crippen molar-refractivity contribution in [1.29, 1.82) is 0 Å². The van der Waals surface area contributed by atoms with Gasteiger partial charge in [0.05, 0.1) is 27.2 Å². The Kier molecular flexibility index (Phi) is 15.4. The van der Waals surface area contributed by atoms with Crippen molar-refractivity contribution >= 4 is 15.9 Å². The number of quaternary nitrogens is 1. The molecule has 0 N–H and O–H groups in total. The molecule has 3 heteroatoms. The summed E-state index contributed by atoms with van der Waals surface area (Å²) in [6.07, 6.45) is 9.77. The van der Waals surface area contributed by atoms with Crippen LogP contribution in [0.25, 0.3) is 0 Å². The predicted octanol–water partition coefficient (Wildman–Crippen LogP) is 1.21. The first-order chi connectivity index (χ1) is 7.12. The zero-order chi connectivity index (χ0) is 11.6. The lowest BCUT2D eigenvalue weighted by Crippen LogP contribution is -3.00. The molecule has 0 aromatic rings.